The summed E-state index contributed by atoms with van der Waals surface area (Å²) in [7, 11) is -3.86. The molecule has 0 fully saturated rings. The first-order chi connectivity index (χ1) is 10.8. The first kappa shape index (κ1) is 15.3. The molecule has 0 atom stereocenters. The Labute approximate surface area is 131 Å². The second-order valence-corrected chi connectivity index (χ2v) is 6.99. The number of imidazole rings is 1. The van der Waals surface area contributed by atoms with Gasteiger partial charge in [-0.15, -0.1) is 0 Å². The Kier molecular flexibility index (Phi) is 3.48. The summed E-state index contributed by atoms with van der Waals surface area (Å²) in [5.41, 5.74) is 1.95. The number of aromatic nitrogens is 2. The summed E-state index contributed by atoms with van der Waals surface area (Å²) in [6, 6.07) is 6.79. The Balaban J connectivity index is 2.04. The largest absolute Gasteiger partial charge is 0.323 e. The Bertz CT molecular complexity index is 1070. The summed E-state index contributed by atoms with van der Waals surface area (Å²) >= 11 is 0. The number of hydrogen-bond acceptors (Lipinski definition) is 3. The lowest BCUT2D eigenvalue weighted by Gasteiger charge is -2.11. The molecule has 3 aromatic rings. The summed E-state index contributed by atoms with van der Waals surface area (Å²) in [6.07, 6.45) is 0. The van der Waals surface area contributed by atoms with E-state index in [9.17, 15) is 17.6 Å². The normalized spacial score (nSPS) is 11.8. The van der Waals surface area contributed by atoms with Gasteiger partial charge < -0.3 is 9.97 Å². The van der Waals surface area contributed by atoms with E-state index in [0.717, 1.165) is 6.07 Å². The van der Waals surface area contributed by atoms with Gasteiger partial charge >= 0.3 is 5.69 Å². The van der Waals surface area contributed by atoms with Crippen LogP contribution in [0.2, 0.25) is 0 Å². The maximum atomic E-state index is 13.3. The summed E-state index contributed by atoms with van der Waals surface area (Å²) < 4.78 is 40.7. The number of hydrogen-bond donors (Lipinski definition) is 3. The average molecular weight is 335 g/mol. The lowest BCUT2D eigenvalue weighted by molar-refractivity contribution is 0.598. The third-order valence-corrected chi connectivity index (χ3v) is 4.91. The number of aryl methyl sites for hydroxylation is 2. The summed E-state index contributed by atoms with van der Waals surface area (Å²) in [6.45, 7) is 3.22. The molecule has 23 heavy (non-hydrogen) atoms. The minimum Gasteiger partial charge on any atom is -0.306 e. The maximum absolute atomic E-state index is 13.3. The highest BCUT2D eigenvalue weighted by molar-refractivity contribution is 7.92. The molecule has 0 saturated heterocycles. The molecule has 3 rings (SSSR count). The van der Waals surface area contributed by atoms with Crippen LogP contribution in [0.1, 0.15) is 11.1 Å². The molecule has 0 aliphatic carbocycles. The highest BCUT2D eigenvalue weighted by Crippen LogP contribution is 2.24. The van der Waals surface area contributed by atoms with Crippen molar-refractivity contribution < 1.29 is 12.8 Å². The summed E-state index contributed by atoms with van der Waals surface area (Å²) in [4.78, 5) is 16.5. The maximum Gasteiger partial charge on any atom is 0.323 e. The number of aromatic amines is 2. The Morgan fingerprint density at radius 2 is 1.65 bits per heavy atom. The van der Waals surface area contributed by atoms with Crippen molar-refractivity contribution in [2.24, 2.45) is 0 Å². The number of fused-ring (bicyclic) bond motifs is 1. The van der Waals surface area contributed by atoms with Crippen LogP contribution in [-0.2, 0) is 10.0 Å². The molecule has 0 amide bonds. The molecular weight excluding hydrogens is 321 g/mol. The molecule has 120 valence electrons. The van der Waals surface area contributed by atoms with E-state index in [1.54, 1.807) is 13.0 Å². The fourth-order valence-electron chi connectivity index (χ4n) is 2.29. The lowest BCUT2D eigenvalue weighted by atomic mass is 10.2. The van der Waals surface area contributed by atoms with Crippen LogP contribution in [0.3, 0.4) is 0 Å². The zero-order valence-electron chi connectivity index (χ0n) is 12.4. The lowest BCUT2D eigenvalue weighted by Crippen LogP contribution is -2.14. The van der Waals surface area contributed by atoms with Gasteiger partial charge in [-0.3, -0.25) is 4.72 Å². The number of nitrogens with one attached hydrogen (secondary N) is 3. The third-order valence-electron chi connectivity index (χ3n) is 3.54. The molecule has 0 unspecified atom stereocenters. The SMILES string of the molecule is Cc1cc(S(=O)(=O)Nc2cc3[nH]c(=O)[nH]c3cc2C)ccc1F. The number of sulfonamides is 1. The van der Waals surface area contributed by atoms with Crippen molar-refractivity contribution in [1.82, 2.24) is 9.97 Å². The van der Waals surface area contributed by atoms with Crippen LogP contribution < -0.4 is 10.4 Å². The van der Waals surface area contributed by atoms with Gasteiger partial charge in [-0.05, 0) is 55.3 Å². The monoisotopic (exact) mass is 335 g/mol. The predicted octanol–water partition coefficient (Wildman–Crippen LogP) is 2.41. The van der Waals surface area contributed by atoms with E-state index in [0.29, 0.717) is 22.3 Å². The first-order valence-corrected chi connectivity index (χ1v) is 8.26. The fraction of sp³-hybridized carbons (Fsp3) is 0.133. The molecular formula is C15H14FN3O3S. The van der Waals surface area contributed by atoms with Crippen molar-refractivity contribution in [1.29, 1.82) is 0 Å². The van der Waals surface area contributed by atoms with Crippen molar-refractivity contribution in [2.45, 2.75) is 18.7 Å². The van der Waals surface area contributed by atoms with Crippen LogP contribution in [0.15, 0.2) is 40.0 Å². The first-order valence-electron chi connectivity index (χ1n) is 6.78. The zero-order chi connectivity index (χ0) is 16.8. The van der Waals surface area contributed by atoms with Crippen molar-refractivity contribution in [3.63, 3.8) is 0 Å². The molecule has 0 radical (unpaired) electrons. The van der Waals surface area contributed by atoms with Crippen molar-refractivity contribution in [3.05, 3.63) is 57.8 Å². The predicted molar refractivity (Wildman–Crippen MR) is 85.6 cm³/mol. The molecule has 0 aliphatic rings. The van der Waals surface area contributed by atoms with Crippen LogP contribution in [0, 0.1) is 19.7 Å². The Hall–Kier alpha value is -2.61. The van der Waals surface area contributed by atoms with Gasteiger partial charge in [0.1, 0.15) is 5.82 Å². The second-order valence-electron chi connectivity index (χ2n) is 5.31. The van der Waals surface area contributed by atoms with Crippen molar-refractivity contribution in [2.75, 3.05) is 4.72 Å². The zero-order valence-corrected chi connectivity index (χ0v) is 13.2. The molecule has 2 aromatic carbocycles. The van der Waals surface area contributed by atoms with Crippen LogP contribution in [-0.4, -0.2) is 18.4 Å². The fourth-order valence-corrected chi connectivity index (χ4v) is 3.50. The van der Waals surface area contributed by atoms with E-state index < -0.39 is 15.8 Å². The molecule has 3 N–H and O–H groups in total. The number of H-pyrrole nitrogens is 2. The topological polar surface area (TPSA) is 94.8 Å². The third kappa shape index (κ3) is 2.85. The molecule has 0 saturated carbocycles. The molecule has 8 heteroatoms. The van der Waals surface area contributed by atoms with Gasteiger partial charge in [0.2, 0.25) is 0 Å². The molecule has 1 aromatic heterocycles. The van der Waals surface area contributed by atoms with Crippen LogP contribution in [0.5, 0.6) is 0 Å². The van der Waals surface area contributed by atoms with Gasteiger partial charge in [-0.25, -0.2) is 17.6 Å². The Morgan fingerprint density at radius 1 is 1.00 bits per heavy atom. The van der Waals surface area contributed by atoms with E-state index >= 15 is 0 Å². The number of benzene rings is 2. The quantitative estimate of drug-likeness (QED) is 0.686. The van der Waals surface area contributed by atoms with Crippen LogP contribution in [0.25, 0.3) is 11.0 Å². The average Bonchev–Trinajstić information content (AvgIpc) is 2.81. The standard InChI is InChI=1S/C15H14FN3O3S/c1-8-5-10(3-4-11(8)16)23(21,22)19-12-7-14-13(6-9(12)2)17-15(20)18-14/h3-7,19H,1-2H3,(H2,17,18,20). The van der Waals surface area contributed by atoms with Crippen LogP contribution >= 0.6 is 0 Å². The van der Waals surface area contributed by atoms with E-state index in [-0.39, 0.29) is 16.1 Å². The van der Waals surface area contributed by atoms with Crippen LogP contribution in [0.4, 0.5) is 10.1 Å². The highest BCUT2D eigenvalue weighted by Gasteiger charge is 2.17. The number of anilines is 1. The molecule has 6 nitrogen and oxygen atoms in total. The van der Waals surface area contributed by atoms with Gasteiger partial charge in [-0.2, -0.15) is 0 Å². The van der Waals surface area contributed by atoms with Gasteiger partial charge in [0.25, 0.3) is 10.0 Å². The molecule has 0 aliphatic heterocycles. The highest BCUT2D eigenvalue weighted by atomic mass is 32.2. The van der Waals surface area contributed by atoms with E-state index in [2.05, 4.69) is 14.7 Å². The van der Waals surface area contributed by atoms with Gasteiger partial charge in [0, 0.05) is 0 Å². The summed E-state index contributed by atoms with van der Waals surface area (Å²) in [5.74, 6) is -0.466. The van der Waals surface area contributed by atoms with Crippen molar-refractivity contribution in [3.8, 4) is 0 Å². The van der Waals surface area contributed by atoms with E-state index in [1.165, 1.54) is 25.1 Å². The minimum atomic E-state index is -3.86. The van der Waals surface area contributed by atoms with Gasteiger partial charge in [0.05, 0.1) is 21.6 Å². The molecule has 1 heterocycles. The number of halogens is 1. The van der Waals surface area contributed by atoms with Crippen molar-refractivity contribution >= 4 is 26.7 Å². The molecule has 0 spiro atoms. The van der Waals surface area contributed by atoms with Gasteiger partial charge in [-0.1, -0.05) is 0 Å². The summed E-state index contributed by atoms with van der Waals surface area (Å²) in [5, 5.41) is 0. The van der Waals surface area contributed by atoms with E-state index in [1.807, 2.05) is 0 Å². The smallest absolute Gasteiger partial charge is 0.306 e. The number of rotatable bonds is 3. The van der Waals surface area contributed by atoms with Gasteiger partial charge in [0.15, 0.2) is 0 Å². The second kappa shape index (κ2) is 5.24. The molecule has 0 bridgehead atoms. The van der Waals surface area contributed by atoms with E-state index in [4.69, 9.17) is 0 Å². The minimum absolute atomic E-state index is 0.0292. The Morgan fingerprint density at radius 3 is 2.30 bits per heavy atom.